The first-order valence-electron chi connectivity index (χ1n) is 6.79. The van der Waals surface area contributed by atoms with E-state index >= 15 is 0 Å². The van der Waals surface area contributed by atoms with Crippen molar-refractivity contribution < 1.29 is 9.53 Å². The van der Waals surface area contributed by atoms with Crippen LogP contribution in [0.25, 0.3) is 0 Å². The molecule has 0 unspecified atom stereocenters. The molecule has 0 fully saturated rings. The summed E-state index contributed by atoms with van der Waals surface area (Å²) in [5.74, 6) is 5.15. The molecule has 0 bridgehead atoms. The number of pyridine rings is 1. The largest absolute Gasteiger partial charge is 0.482 e. The third-order valence-electron chi connectivity index (χ3n) is 2.95. The van der Waals surface area contributed by atoms with Crippen molar-refractivity contribution in [1.29, 1.82) is 0 Å². The van der Waals surface area contributed by atoms with E-state index < -0.39 is 11.3 Å². The number of hydrogen-bond acceptors (Lipinski definition) is 5. The second-order valence-electron chi connectivity index (χ2n) is 4.58. The molecule has 2 aromatic rings. The van der Waals surface area contributed by atoms with E-state index in [1.807, 2.05) is 30.3 Å². The van der Waals surface area contributed by atoms with Crippen molar-refractivity contribution in [2.45, 2.75) is 6.61 Å². The van der Waals surface area contributed by atoms with Gasteiger partial charge in [0.25, 0.3) is 5.91 Å². The van der Waals surface area contributed by atoms with Crippen molar-refractivity contribution in [1.82, 2.24) is 9.99 Å². The van der Waals surface area contributed by atoms with E-state index in [9.17, 15) is 9.59 Å². The molecule has 0 spiro atoms. The zero-order valence-corrected chi connectivity index (χ0v) is 12.0. The number of nitrogens with zero attached hydrogens (tertiary/aromatic N) is 1. The van der Waals surface area contributed by atoms with Gasteiger partial charge in [-0.3, -0.25) is 14.3 Å². The number of nitrogens with two attached hydrogens (primary N) is 2. The molecule has 116 valence electrons. The lowest BCUT2D eigenvalue weighted by Gasteiger charge is -2.14. The zero-order chi connectivity index (χ0) is 15.9. The van der Waals surface area contributed by atoms with E-state index in [1.54, 1.807) is 0 Å². The number of ether oxygens (including phenoxy) is 1. The maximum Gasteiger partial charge on any atom is 0.273 e. The summed E-state index contributed by atoms with van der Waals surface area (Å²) in [5.41, 5.74) is 5.79. The minimum Gasteiger partial charge on any atom is -0.482 e. The molecule has 0 saturated heterocycles. The Morgan fingerprint density at radius 3 is 2.64 bits per heavy atom. The third-order valence-corrected chi connectivity index (χ3v) is 2.95. The van der Waals surface area contributed by atoms with Gasteiger partial charge < -0.3 is 21.6 Å². The minimum atomic E-state index is -0.506. The number of nitrogens with one attached hydrogen (secondary N) is 1. The van der Waals surface area contributed by atoms with Crippen molar-refractivity contribution in [2.24, 2.45) is 5.73 Å². The summed E-state index contributed by atoms with van der Waals surface area (Å²) in [6.07, 6.45) is 1.31. The molecular formula is C15H18N4O3. The fourth-order valence-electron chi connectivity index (χ4n) is 1.89. The zero-order valence-electron chi connectivity index (χ0n) is 12.0. The normalized spacial score (nSPS) is 10.2. The second kappa shape index (κ2) is 7.28. The van der Waals surface area contributed by atoms with Crippen LogP contribution in [0, 0.1) is 0 Å². The molecule has 22 heavy (non-hydrogen) atoms. The first-order valence-corrected chi connectivity index (χ1v) is 6.79. The summed E-state index contributed by atoms with van der Waals surface area (Å²) in [4.78, 5) is 24.1. The van der Waals surface area contributed by atoms with Crippen molar-refractivity contribution >= 4 is 5.91 Å². The van der Waals surface area contributed by atoms with Gasteiger partial charge in [-0.15, -0.1) is 0 Å². The first kappa shape index (κ1) is 15.6. The van der Waals surface area contributed by atoms with Gasteiger partial charge in [0.05, 0.1) is 0 Å². The van der Waals surface area contributed by atoms with Crippen molar-refractivity contribution in [3.8, 4) is 5.75 Å². The highest BCUT2D eigenvalue weighted by atomic mass is 16.5. The fraction of sp³-hybridized carbons (Fsp3) is 0.200. The summed E-state index contributed by atoms with van der Waals surface area (Å²) in [7, 11) is 0. The van der Waals surface area contributed by atoms with Gasteiger partial charge in [0, 0.05) is 25.4 Å². The van der Waals surface area contributed by atoms with Crippen LogP contribution in [0.4, 0.5) is 0 Å². The van der Waals surface area contributed by atoms with E-state index in [0.717, 1.165) is 10.2 Å². The Morgan fingerprint density at radius 2 is 1.95 bits per heavy atom. The van der Waals surface area contributed by atoms with Gasteiger partial charge in [-0.25, -0.2) is 0 Å². The van der Waals surface area contributed by atoms with Crippen LogP contribution < -0.4 is 27.1 Å². The molecule has 7 heteroatoms. The Kier molecular flexibility index (Phi) is 5.16. The first-order chi connectivity index (χ1) is 10.6. The fourth-order valence-corrected chi connectivity index (χ4v) is 1.89. The van der Waals surface area contributed by atoms with E-state index in [0.29, 0.717) is 0 Å². The van der Waals surface area contributed by atoms with Crippen molar-refractivity contribution in [2.75, 3.05) is 18.9 Å². The van der Waals surface area contributed by atoms with E-state index in [4.69, 9.17) is 16.3 Å². The number of carbonyl (C=O) groups excluding carboxylic acids is 1. The van der Waals surface area contributed by atoms with E-state index in [2.05, 4.69) is 5.32 Å². The van der Waals surface area contributed by atoms with Gasteiger partial charge in [-0.2, -0.15) is 0 Å². The Labute approximate surface area is 127 Å². The predicted molar refractivity (Wildman–Crippen MR) is 83.0 cm³/mol. The highest BCUT2D eigenvalue weighted by Gasteiger charge is 2.19. The lowest BCUT2D eigenvalue weighted by atomic mass is 10.2. The molecule has 0 aliphatic heterocycles. The molecule has 0 saturated carbocycles. The molecule has 7 nitrogen and oxygen atoms in total. The molecule has 5 N–H and O–H groups in total. The number of nitrogen functional groups attached to an aromatic ring is 1. The molecule has 2 rings (SSSR count). The molecule has 0 atom stereocenters. The lowest BCUT2D eigenvalue weighted by molar-refractivity contribution is 0.0941. The highest BCUT2D eigenvalue weighted by Crippen LogP contribution is 2.13. The average Bonchev–Trinajstić information content (AvgIpc) is 2.54. The summed E-state index contributed by atoms with van der Waals surface area (Å²) in [6.45, 7) is 0.727. The van der Waals surface area contributed by atoms with Crippen LogP contribution >= 0.6 is 0 Å². The number of rotatable bonds is 6. The summed E-state index contributed by atoms with van der Waals surface area (Å²) >= 11 is 0. The molecule has 1 heterocycles. The monoisotopic (exact) mass is 302 g/mol. The van der Waals surface area contributed by atoms with Crippen LogP contribution in [-0.4, -0.2) is 23.7 Å². The number of amides is 1. The van der Waals surface area contributed by atoms with Gasteiger partial charge in [0.2, 0.25) is 5.43 Å². The van der Waals surface area contributed by atoms with Gasteiger partial charge in [0.15, 0.2) is 11.4 Å². The van der Waals surface area contributed by atoms with Crippen LogP contribution in [0.5, 0.6) is 5.75 Å². The molecule has 1 aromatic carbocycles. The predicted octanol–water partition coefficient (Wildman–Crippen LogP) is -0.170. The lowest BCUT2D eigenvalue weighted by Crippen LogP contribution is -2.34. The topological polar surface area (TPSA) is 112 Å². The SMILES string of the molecule is NCCNC(=O)c1c(OCc2ccccc2)c(=O)ccn1N. The van der Waals surface area contributed by atoms with Crippen LogP contribution in [0.3, 0.4) is 0 Å². The molecular weight excluding hydrogens is 284 g/mol. The van der Waals surface area contributed by atoms with Crippen molar-refractivity contribution in [3.63, 3.8) is 0 Å². The Balaban J connectivity index is 2.27. The van der Waals surface area contributed by atoms with Gasteiger partial charge in [-0.1, -0.05) is 30.3 Å². The molecule has 0 aliphatic rings. The number of benzene rings is 1. The summed E-state index contributed by atoms with van der Waals surface area (Å²) in [5, 5.41) is 2.57. The van der Waals surface area contributed by atoms with Crippen LogP contribution in [0.2, 0.25) is 0 Å². The second-order valence-corrected chi connectivity index (χ2v) is 4.58. The van der Waals surface area contributed by atoms with Crippen molar-refractivity contribution in [3.05, 3.63) is 64.1 Å². The highest BCUT2D eigenvalue weighted by molar-refractivity contribution is 5.95. The van der Waals surface area contributed by atoms with Gasteiger partial charge in [-0.05, 0) is 5.56 Å². The number of aromatic nitrogens is 1. The Morgan fingerprint density at radius 1 is 1.23 bits per heavy atom. The van der Waals surface area contributed by atoms with Crippen LogP contribution in [0.1, 0.15) is 16.1 Å². The molecule has 1 aromatic heterocycles. The number of hydrogen-bond donors (Lipinski definition) is 3. The smallest absolute Gasteiger partial charge is 0.273 e. The molecule has 1 amide bonds. The maximum atomic E-state index is 12.1. The summed E-state index contributed by atoms with van der Waals surface area (Å²) in [6, 6.07) is 10.6. The molecule has 0 radical (unpaired) electrons. The Bertz CT molecular complexity index is 698. The van der Waals surface area contributed by atoms with E-state index in [-0.39, 0.29) is 31.1 Å². The quantitative estimate of drug-likeness (QED) is 0.641. The average molecular weight is 302 g/mol. The Hall–Kier alpha value is -2.80. The van der Waals surface area contributed by atoms with Crippen LogP contribution in [0.15, 0.2) is 47.4 Å². The van der Waals surface area contributed by atoms with E-state index in [1.165, 1.54) is 12.3 Å². The minimum absolute atomic E-state index is 0.0307. The van der Waals surface area contributed by atoms with Gasteiger partial charge >= 0.3 is 0 Å². The number of carbonyl (C=O) groups is 1. The standard InChI is InChI=1S/C15H18N4O3/c16-7-8-18-15(21)13-14(12(20)6-9-19(13)17)22-10-11-4-2-1-3-5-11/h1-6,9H,7-8,10,16-17H2,(H,18,21). The van der Waals surface area contributed by atoms with Gasteiger partial charge in [0.1, 0.15) is 6.61 Å². The third kappa shape index (κ3) is 3.64. The maximum absolute atomic E-state index is 12.1. The van der Waals surface area contributed by atoms with Crippen LogP contribution in [-0.2, 0) is 6.61 Å². The molecule has 0 aliphatic carbocycles. The summed E-state index contributed by atoms with van der Waals surface area (Å²) < 4.78 is 6.59.